The van der Waals surface area contributed by atoms with E-state index in [4.69, 9.17) is 0 Å². The molecule has 1 amide bonds. The van der Waals surface area contributed by atoms with E-state index < -0.39 is 33.2 Å². The molecule has 32 heavy (non-hydrogen) atoms. The van der Waals surface area contributed by atoms with Crippen molar-refractivity contribution in [3.8, 4) is 5.75 Å². The summed E-state index contributed by atoms with van der Waals surface area (Å²) in [6.07, 6.45) is -3.41. The molecule has 0 heterocycles. The van der Waals surface area contributed by atoms with Gasteiger partial charge in [0.05, 0.1) is 5.56 Å². The molecule has 0 saturated heterocycles. The number of amides is 1. The first kappa shape index (κ1) is 23.7. The van der Waals surface area contributed by atoms with Crippen LogP contribution in [0.4, 0.5) is 18.9 Å². The van der Waals surface area contributed by atoms with E-state index >= 15 is 0 Å². The number of hydrogen-bond acceptors (Lipinski definition) is 5. The second-order valence-electron chi connectivity index (χ2n) is 6.92. The highest BCUT2D eigenvalue weighted by molar-refractivity contribution is 7.98. The molecule has 3 rings (SSSR count). The lowest BCUT2D eigenvalue weighted by Gasteiger charge is -2.09. The number of phenolic OH excluding ortho intramolecular Hbond substituents is 1. The zero-order valence-corrected chi connectivity index (χ0v) is 18.3. The third-order valence-electron chi connectivity index (χ3n) is 4.42. The number of benzene rings is 3. The Hall–Kier alpha value is -2.98. The van der Waals surface area contributed by atoms with Crippen LogP contribution in [0.15, 0.2) is 76.5 Å². The Bertz CT molecular complexity index is 1220. The number of carbonyl (C=O) groups is 1. The van der Waals surface area contributed by atoms with Gasteiger partial charge in [0.1, 0.15) is 10.6 Å². The molecule has 0 bridgehead atoms. The maximum atomic E-state index is 12.6. The van der Waals surface area contributed by atoms with Gasteiger partial charge in [-0.1, -0.05) is 12.1 Å². The highest BCUT2D eigenvalue weighted by Crippen LogP contribution is 2.31. The maximum absolute atomic E-state index is 12.6. The molecule has 0 aliphatic heterocycles. The molecule has 0 fully saturated rings. The first-order valence-electron chi connectivity index (χ1n) is 9.17. The summed E-state index contributed by atoms with van der Waals surface area (Å²) in [7, 11) is -3.66. The maximum Gasteiger partial charge on any atom is 0.416 e. The third kappa shape index (κ3) is 6.04. The summed E-state index contributed by atoms with van der Waals surface area (Å²) in [5.74, 6) is -0.403. The molecule has 3 aromatic rings. The van der Waals surface area contributed by atoms with Crippen LogP contribution in [0.25, 0.3) is 0 Å². The van der Waals surface area contributed by atoms with Crippen LogP contribution in [0.3, 0.4) is 0 Å². The Morgan fingerprint density at radius 3 is 2.19 bits per heavy atom. The molecule has 2 N–H and O–H groups in total. The van der Waals surface area contributed by atoms with Crippen LogP contribution in [0.1, 0.15) is 21.5 Å². The molecule has 168 valence electrons. The van der Waals surface area contributed by atoms with Crippen molar-refractivity contribution in [2.75, 3.05) is 11.6 Å². The minimum Gasteiger partial charge on any atom is -0.507 e. The predicted octanol–water partition coefficient (Wildman–Crippen LogP) is 5.36. The summed E-state index contributed by atoms with van der Waals surface area (Å²) in [4.78, 5) is 13.0. The Labute approximate surface area is 187 Å². The number of nitrogens with one attached hydrogen (secondary N) is 1. The van der Waals surface area contributed by atoms with Crippen molar-refractivity contribution in [3.63, 3.8) is 0 Å². The van der Waals surface area contributed by atoms with Crippen LogP contribution in [0.2, 0.25) is 0 Å². The summed E-state index contributed by atoms with van der Waals surface area (Å²) in [5.41, 5.74) is 0.588. The number of aromatic hydroxyl groups is 1. The van der Waals surface area contributed by atoms with Gasteiger partial charge in [0.2, 0.25) is 0 Å². The average molecular weight is 482 g/mol. The Kier molecular flexibility index (Phi) is 6.85. The van der Waals surface area contributed by atoms with Gasteiger partial charge >= 0.3 is 6.18 Å². The topological polar surface area (TPSA) is 83.5 Å². The smallest absolute Gasteiger partial charge is 0.416 e. The van der Waals surface area contributed by atoms with Gasteiger partial charge in [-0.2, -0.15) is 13.2 Å². The van der Waals surface area contributed by atoms with Crippen LogP contribution >= 0.6 is 11.8 Å². The van der Waals surface area contributed by atoms with Crippen LogP contribution in [-0.2, 0) is 21.8 Å². The standard InChI is InChI=1S/C22H18F3NO4S2/c1-32(29,30)20-12-17(8-11-19(20)27)26-21(28)15-4-9-18(10-5-15)31-13-14-2-6-16(7-3-14)22(23,24)25/h2-12,27H,13H2,1H3,(H,26,28). The SMILES string of the molecule is CS(=O)(=O)c1cc(NC(=O)c2ccc(SCc3ccc(C(F)(F)F)cc3)cc2)ccc1O. The first-order valence-corrected chi connectivity index (χ1v) is 12.0. The van der Waals surface area contributed by atoms with Crippen LogP contribution in [0, 0.1) is 0 Å². The van der Waals surface area contributed by atoms with Crippen molar-refractivity contribution in [1.29, 1.82) is 0 Å². The van der Waals surface area contributed by atoms with E-state index in [1.807, 2.05) is 0 Å². The molecular formula is C22H18F3NO4S2. The number of carbonyl (C=O) groups excluding carboxylic acids is 1. The highest BCUT2D eigenvalue weighted by atomic mass is 32.2. The molecule has 10 heteroatoms. The minimum atomic E-state index is -4.37. The number of alkyl halides is 3. The summed E-state index contributed by atoms with van der Waals surface area (Å²) in [5, 5.41) is 12.3. The third-order valence-corrected chi connectivity index (χ3v) is 6.63. The number of thioether (sulfide) groups is 1. The molecule has 0 saturated carbocycles. The monoisotopic (exact) mass is 481 g/mol. The lowest BCUT2D eigenvalue weighted by Crippen LogP contribution is -2.12. The molecule has 0 aromatic heterocycles. The molecule has 0 spiro atoms. The van der Waals surface area contributed by atoms with Crippen LogP contribution < -0.4 is 5.32 Å². The Morgan fingerprint density at radius 2 is 1.62 bits per heavy atom. The largest absolute Gasteiger partial charge is 0.507 e. The molecule has 0 aliphatic rings. The lowest BCUT2D eigenvalue weighted by atomic mass is 10.1. The number of anilines is 1. The second-order valence-corrected chi connectivity index (χ2v) is 9.95. The van der Waals surface area contributed by atoms with Gasteiger partial charge in [0.15, 0.2) is 9.84 Å². The highest BCUT2D eigenvalue weighted by Gasteiger charge is 2.29. The van der Waals surface area contributed by atoms with Crippen molar-refractivity contribution in [2.45, 2.75) is 21.7 Å². The van der Waals surface area contributed by atoms with Gasteiger partial charge in [-0.15, -0.1) is 11.8 Å². The summed E-state index contributed by atoms with van der Waals surface area (Å²) < 4.78 is 61.3. The van der Waals surface area contributed by atoms with Gasteiger partial charge < -0.3 is 10.4 Å². The van der Waals surface area contributed by atoms with Crippen molar-refractivity contribution < 1.29 is 31.5 Å². The molecule has 0 aliphatic carbocycles. The lowest BCUT2D eigenvalue weighted by molar-refractivity contribution is -0.137. The van der Waals surface area contributed by atoms with Gasteiger partial charge in [0, 0.05) is 28.2 Å². The van der Waals surface area contributed by atoms with E-state index in [-0.39, 0.29) is 10.6 Å². The predicted molar refractivity (Wildman–Crippen MR) is 117 cm³/mol. The molecule has 3 aromatic carbocycles. The van der Waals surface area contributed by atoms with E-state index in [1.54, 1.807) is 24.3 Å². The zero-order chi connectivity index (χ0) is 23.5. The van der Waals surface area contributed by atoms with Crippen LogP contribution in [0.5, 0.6) is 5.75 Å². The number of sulfone groups is 1. The van der Waals surface area contributed by atoms with Gasteiger partial charge in [-0.05, 0) is 60.2 Å². The Balaban J connectivity index is 1.62. The van der Waals surface area contributed by atoms with Crippen molar-refractivity contribution >= 4 is 33.2 Å². The quantitative estimate of drug-likeness (QED) is 0.366. The average Bonchev–Trinajstić information content (AvgIpc) is 2.73. The second kappa shape index (κ2) is 9.25. The number of halogens is 3. The zero-order valence-electron chi connectivity index (χ0n) is 16.7. The molecule has 5 nitrogen and oxygen atoms in total. The van der Waals surface area contributed by atoms with E-state index in [9.17, 15) is 31.5 Å². The Morgan fingerprint density at radius 1 is 1.00 bits per heavy atom. The fourth-order valence-electron chi connectivity index (χ4n) is 2.75. The fourth-order valence-corrected chi connectivity index (χ4v) is 4.39. The van der Waals surface area contributed by atoms with E-state index in [1.165, 1.54) is 42.1 Å². The summed E-state index contributed by atoms with van der Waals surface area (Å²) in [6, 6.07) is 15.3. The van der Waals surface area contributed by atoms with Crippen LogP contribution in [-0.4, -0.2) is 25.7 Å². The molecular weight excluding hydrogens is 463 g/mol. The van der Waals surface area contributed by atoms with E-state index in [0.29, 0.717) is 11.3 Å². The number of phenols is 1. The summed E-state index contributed by atoms with van der Waals surface area (Å²) >= 11 is 1.41. The van der Waals surface area contributed by atoms with Gasteiger partial charge in [-0.25, -0.2) is 8.42 Å². The van der Waals surface area contributed by atoms with Gasteiger partial charge in [-0.3, -0.25) is 4.79 Å². The van der Waals surface area contributed by atoms with E-state index in [2.05, 4.69) is 5.32 Å². The molecule has 0 atom stereocenters. The number of hydrogen-bond donors (Lipinski definition) is 2. The van der Waals surface area contributed by atoms with Gasteiger partial charge in [0.25, 0.3) is 5.91 Å². The summed E-state index contributed by atoms with van der Waals surface area (Å²) in [6.45, 7) is 0. The van der Waals surface area contributed by atoms with E-state index in [0.717, 1.165) is 28.8 Å². The minimum absolute atomic E-state index is 0.217. The first-order chi connectivity index (χ1) is 14.9. The fraction of sp³-hybridized carbons (Fsp3) is 0.136. The van der Waals surface area contributed by atoms with Crippen molar-refractivity contribution in [3.05, 3.63) is 83.4 Å². The number of rotatable bonds is 6. The van der Waals surface area contributed by atoms with Crippen molar-refractivity contribution in [1.82, 2.24) is 0 Å². The van der Waals surface area contributed by atoms with Crippen molar-refractivity contribution in [2.24, 2.45) is 0 Å². The molecule has 0 unspecified atom stereocenters. The normalized spacial score (nSPS) is 11.9. The molecule has 0 radical (unpaired) electrons.